The van der Waals surface area contributed by atoms with E-state index in [1.54, 1.807) is 0 Å². The van der Waals surface area contributed by atoms with Gasteiger partial charge >= 0.3 is 0 Å². The Hall–Kier alpha value is -1.39. The second-order valence-electron chi connectivity index (χ2n) is 3.70. The van der Waals surface area contributed by atoms with Crippen molar-refractivity contribution >= 4 is 5.65 Å². The van der Waals surface area contributed by atoms with E-state index in [4.69, 9.17) is 4.74 Å². The van der Waals surface area contributed by atoms with Crippen LogP contribution < -0.4 is 5.32 Å². The summed E-state index contributed by atoms with van der Waals surface area (Å²) in [7, 11) is 0. The lowest BCUT2D eigenvalue weighted by atomic mass is 10.2. The molecule has 0 aromatic carbocycles. The lowest BCUT2D eigenvalue weighted by molar-refractivity contribution is 0.0253. The van der Waals surface area contributed by atoms with Gasteiger partial charge in [0, 0.05) is 25.5 Å². The Kier molecular flexibility index (Phi) is 2.16. The average Bonchev–Trinajstić information content (AvgIpc) is 2.74. The molecule has 1 atom stereocenters. The molecule has 2 aromatic rings. The van der Waals surface area contributed by atoms with E-state index in [1.807, 2.05) is 35.0 Å². The second kappa shape index (κ2) is 3.64. The van der Waals surface area contributed by atoms with Gasteiger partial charge in [-0.1, -0.05) is 6.07 Å². The van der Waals surface area contributed by atoms with Gasteiger partial charge in [-0.3, -0.25) is 0 Å². The van der Waals surface area contributed by atoms with Gasteiger partial charge in [0.1, 0.15) is 11.8 Å². The number of hydrogen-bond acceptors (Lipinski definition) is 3. The van der Waals surface area contributed by atoms with Gasteiger partial charge in [-0.05, 0) is 12.1 Å². The van der Waals surface area contributed by atoms with Gasteiger partial charge < -0.3 is 14.5 Å². The van der Waals surface area contributed by atoms with Crippen LogP contribution in [0.25, 0.3) is 5.65 Å². The molecule has 0 radical (unpaired) electrons. The maximum absolute atomic E-state index is 5.66. The van der Waals surface area contributed by atoms with Crippen LogP contribution in [0.5, 0.6) is 0 Å². The zero-order chi connectivity index (χ0) is 10.1. The summed E-state index contributed by atoms with van der Waals surface area (Å²) in [5, 5.41) is 3.30. The molecule has 1 aliphatic rings. The highest BCUT2D eigenvalue weighted by atomic mass is 16.5. The lowest BCUT2D eigenvalue weighted by Crippen LogP contribution is -2.33. The van der Waals surface area contributed by atoms with Gasteiger partial charge in [0.2, 0.25) is 0 Å². The molecule has 0 aliphatic carbocycles. The van der Waals surface area contributed by atoms with Crippen molar-refractivity contribution in [1.29, 1.82) is 0 Å². The van der Waals surface area contributed by atoms with Crippen molar-refractivity contribution in [2.24, 2.45) is 0 Å². The van der Waals surface area contributed by atoms with Gasteiger partial charge in [-0.15, -0.1) is 0 Å². The molecular weight excluding hydrogens is 190 g/mol. The fraction of sp³-hybridized carbons (Fsp3) is 0.364. The first-order chi connectivity index (χ1) is 7.43. The molecule has 0 amide bonds. The molecule has 0 unspecified atom stereocenters. The van der Waals surface area contributed by atoms with Crippen molar-refractivity contribution in [2.75, 3.05) is 19.7 Å². The molecule has 3 heterocycles. The van der Waals surface area contributed by atoms with Crippen LogP contribution in [0.4, 0.5) is 0 Å². The minimum Gasteiger partial charge on any atom is -0.369 e. The Morgan fingerprint density at radius 3 is 3.27 bits per heavy atom. The number of aromatic nitrogens is 2. The first-order valence-electron chi connectivity index (χ1n) is 5.19. The zero-order valence-electron chi connectivity index (χ0n) is 8.39. The number of nitrogens with one attached hydrogen (secondary N) is 1. The summed E-state index contributed by atoms with van der Waals surface area (Å²) in [6.07, 6.45) is 4.13. The molecule has 1 N–H and O–H groups in total. The predicted molar refractivity (Wildman–Crippen MR) is 56.8 cm³/mol. The van der Waals surface area contributed by atoms with Crippen LogP contribution in [0, 0.1) is 0 Å². The number of fused-ring (bicyclic) bond motifs is 1. The van der Waals surface area contributed by atoms with Crippen LogP contribution in [0.15, 0.2) is 30.6 Å². The molecule has 0 saturated carbocycles. The SMILES string of the molecule is c1ccn2cc([C@@H]3CNCCO3)nc2c1. The van der Waals surface area contributed by atoms with Gasteiger partial charge in [0.15, 0.2) is 0 Å². The first-order valence-corrected chi connectivity index (χ1v) is 5.19. The largest absolute Gasteiger partial charge is 0.369 e. The van der Waals surface area contributed by atoms with E-state index in [-0.39, 0.29) is 6.10 Å². The van der Waals surface area contributed by atoms with Crippen molar-refractivity contribution in [3.63, 3.8) is 0 Å². The van der Waals surface area contributed by atoms with E-state index in [0.29, 0.717) is 0 Å². The Morgan fingerprint density at radius 1 is 1.47 bits per heavy atom. The van der Waals surface area contributed by atoms with E-state index >= 15 is 0 Å². The predicted octanol–water partition coefficient (Wildman–Crippen LogP) is 0.995. The fourth-order valence-corrected chi connectivity index (χ4v) is 1.86. The quantitative estimate of drug-likeness (QED) is 0.751. The van der Waals surface area contributed by atoms with E-state index < -0.39 is 0 Å². The molecule has 1 saturated heterocycles. The zero-order valence-corrected chi connectivity index (χ0v) is 8.39. The number of imidazole rings is 1. The summed E-state index contributed by atoms with van der Waals surface area (Å²) >= 11 is 0. The Morgan fingerprint density at radius 2 is 2.47 bits per heavy atom. The molecule has 4 heteroatoms. The summed E-state index contributed by atoms with van der Waals surface area (Å²) in [5.74, 6) is 0. The standard InChI is InChI=1S/C11H13N3O/c1-2-5-14-8-9(13-11(14)3-1)10-7-12-4-6-15-10/h1-3,5,8,10,12H,4,6-7H2/t10-/m0/s1. The van der Waals surface area contributed by atoms with Crippen LogP contribution in [0.3, 0.4) is 0 Å². The van der Waals surface area contributed by atoms with Gasteiger partial charge in [0.05, 0.1) is 12.3 Å². The summed E-state index contributed by atoms with van der Waals surface area (Å²) in [6, 6.07) is 5.99. The summed E-state index contributed by atoms with van der Waals surface area (Å²) in [5.41, 5.74) is 1.98. The summed E-state index contributed by atoms with van der Waals surface area (Å²) in [4.78, 5) is 4.53. The molecule has 2 aromatic heterocycles. The normalized spacial score (nSPS) is 22.0. The molecule has 78 valence electrons. The van der Waals surface area contributed by atoms with Crippen LogP contribution in [-0.4, -0.2) is 29.1 Å². The third-order valence-electron chi connectivity index (χ3n) is 2.64. The van der Waals surface area contributed by atoms with Gasteiger partial charge in [-0.25, -0.2) is 4.98 Å². The first kappa shape index (κ1) is 8.88. The third kappa shape index (κ3) is 1.62. The van der Waals surface area contributed by atoms with Crippen molar-refractivity contribution in [3.8, 4) is 0 Å². The third-order valence-corrected chi connectivity index (χ3v) is 2.64. The smallest absolute Gasteiger partial charge is 0.137 e. The van der Waals surface area contributed by atoms with Crippen molar-refractivity contribution in [3.05, 3.63) is 36.3 Å². The lowest BCUT2D eigenvalue weighted by Gasteiger charge is -2.21. The highest BCUT2D eigenvalue weighted by Gasteiger charge is 2.18. The Labute approximate surface area is 87.9 Å². The molecule has 15 heavy (non-hydrogen) atoms. The maximum atomic E-state index is 5.66. The highest BCUT2D eigenvalue weighted by molar-refractivity contribution is 5.39. The fourth-order valence-electron chi connectivity index (χ4n) is 1.86. The summed E-state index contributed by atoms with van der Waals surface area (Å²) in [6.45, 7) is 2.55. The number of nitrogens with zero attached hydrogens (tertiary/aromatic N) is 2. The number of rotatable bonds is 1. The molecule has 3 rings (SSSR count). The molecule has 0 bridgehead atoms. The average molecular weight is 203 g/mol. The number of ether oxygens (including phenoxy) is 1. The van der Waals surface area contributed by atoms with Crippen LogP contribution in [0.2, 0.25) is 0 Å². The van der Waals surface area contributed by atoms with Crippen LogP contribution in [-0.2, 0) is 4.74 Å². The van der Waals surface area contributed by atoms with Crippen LogP contribution in [0.1, 0.15) is 11.8 Å². The van der Waals surface area contributed by atoms with Crippen molar-refractivity contribution < 1.29 is 4.74 Å². The molecule has 0 spiro atoms. The topological polar surface area (TPSA) is 38.6 Å². The van der Waals surface area contributed by atoms with Crippen molar-refractivity contribution in [2.45, 2.75) is 6.10 Å². The number of morpholine rings is 1. The Balaban J connectivity index is 1.96. The maximum Gasteiger partial charge on any atom is 0.137 e. The van der Waals surface area contributed by atoms with Gasteiger partial charge in [-0.2, -0.15) is 0 Å². The van der Waals surface area contributed by atoms with Crippen molar-refractivity contribution in [1.82, 2.24) is 14.7 Å². The highest BCUT2D eigenvalue weighted by Crippen LogP contribution is 2.18. The number of pyridine rings is 1. The van der Waals surface area contributed by atoms with E-state index in [2.05, 4.69) is 10.3 Å². The summed E-state index contributed by atoms with van der Waals surface area (Å²) < 4.78 is 7.68. The minimum absolute atomic E-state index is 0.0960. The Bertz CT molecular complexity index is 427. The van der Waals surface area contributed by atoms with Gasteiger partial charge in [0.25, 0.3) is 0 Å². The minimum atomic E-state index is 0.0960. The molecule has 4 nitrogen and oxygen atoms in total. The van der Waals surface area contributed by atoms with E-state index in [9.17, 15) is 0 Å². The molecule has 1 fully saturated rings. The monoisotopic (exact) mass is 203 g/mol. The molecular formula is C11H13N3O. The van der Waals surface area contributed by atoms with E-state index in [0.717, 1.165) is 31.0 Å². The van der Waals surface area contributed by atoms with Crippen LogP contribution >= 0.6 is 0 Å². The second-order valence-corrected chi connectivity index (χ2v) is 3.70. The number of hydrogen-bond donors (Lipinski definition) is 1. The molecule has 1 aliphatic heterocycles. The van der Waals surface area contributed by atoms with E-state index in [1.165, 1.54) is 0 Å².